The minimum Gasteiger partial charge on any atom is -0.481 e. The summed E-state index contributed by atoms with van der Waals surface area (Å²) in [7, 11) is 0. The molecule has 0 unspecified atom stereocenters. The average Bonchev–Trinajstić information content (AvgIpc) is 2.36. The third-order valence-electron chi connectivity index (χ3n) is 3.87. The first-order valence-corrected chi connectivity index (χ1v) is 7.87. The fourth-order valence-electron chi connectivity index (χ4n) is 2.52. The van der Waals surface area contributed by atoms with Crippen molar-refractivity contribution >= 4 is 23.6 Å². The molecule has 0 radical (unpaired) electrons. The number of aryl methyl sites for hydroxylation is 1. The standard InChI is InChI=1S/C15H19NO3S/c1-10-4-5-11(20-2)8-12(10)14(19)16-15(6-3-7-15)9-13(17)18/h4-5,8H,3,6-7,9H2,1-2H3,(H,16,19)(H,17,18). The number of carboxylic acid groups (broad SMARTS) is 1. The van der Waals surface area contributed by atoms with Gasteiger partial charge in [0.25, 0.3) is 5.91 Å². The van der Waals surface area contributed by atoms with Crippen LogP contribution in [-0.2, 0) is 4.79 Å². The highest BCUT2D eigenvalue weighted by molar-refractivity contribution is 7.98. The van der Waals surface area contributed by atoms with Crippen molar-refractivity contribution in [2.75, 3.05) is 6.26 Å². The molecule has 1 saturated carbocycles. The maximum Gasteiger partial charge on any atom is 0.305 e. The number of carbonyl (C=O) groups is 2. The summed E-state index contributed by atoms with van der Waals surface area (Å²) in [5.41, 5.74) is 0.990. The zero-order valence-corrected chi connectivity index (χ0v) is 12.5. The molecule has 0 heterocycles. The number of carboxylic acids is 1. The van der Waals surface area contributed by atoms with Crippen LogP contribution in [0.5, 0.6) is 0 Å². The summed E-state index contributed by atoms with van der Waals surface area (Å²) in [5, 5.41) is 11.9. The highest BCUT2D eigenvalue weighted by Gasteiger charge is 2.40. The van der Waals surface area contributed by atoms with E-state index in [0.717, 1.165) is 29.7 Å². The molecule has 20 heavy (non-hydrogen) atoms. The number of carbonyl (C=O) groups excluding carboxylic acids is 1. The van der Waals surface area contributed by atoms with Gasteiger partial charge < -0.3 is 10.4 Å². The molecule has 108 valence electrons. The first kappa shape index (κ1) is 14.9. The van der Waals surface area contributed by atoms with E-state index in [1.54, 1.807) is 11.8 Å². The lowest BCUT2D eigenvalue weighted by Crippen LogP contribution is -2.54. The average molecular weight is 293 g/mol. The van der Waals surface area contributed by atoms with E-state index in [2.05, 4.69) is 5.32 Å². The van der Waals surface area contributed by atoms with E-state index in [0.29, 0.717) is 5.56 Å². The Morgan fingerprint density at radius 1 is 1.40 bits per heavy atom. The maximum absolute atomic E-state index is 12.4. The van der Waals surface area contributed by atoms with E-state index in [4.69, 9.17) is 5.11 Å². The van der Waals surface area contributed by atoms with Crippen LogP contribution in [0.25, 0.3) is 0 Å². The second-order valence-corrected chi connectivity index (χ2v) is 6.22. The molecule has 1 aromatic rings. The van der Waals surface area contributed by atoms with Gasteiger partial charge in [0.2, 0.25) is 0 Å². The quantitative estimate of drug-likeness (QED) is 0.819. The van der Waals surface area contributed by atoms with Crippen molar-refractivity contribution in [3.8, 4) is 0 Å². The number of amides is 1. The molecule has 0 spiro atoms. The van der Waals surface area contributed by atoms with E-state index in [-0.39, 0.29) is 12.3 Å². The van der Waals surface area contributed by atoms with E-state index < -0.39 is 11.5 Å². The minimum atomic E-state index is -0.861. The Hall–Kier alpha value is -1.49. The number of rotatable bonds is 5. The number of thioether (sulfide) groups is 1. The predicted octanol–water partition coefficient (Wildman–Crippen LogP) is 2.84. The minimum absolute atomic E-state index is 0.00000606. The third kappa shape index (κ3) is 3.15. The second-order valence-electron chi connectivity index (χ2n) is 5.34. The Bertz CT molecular complexity index is 538. The number of hydrogen-bond acceptors (Lipinski definition) is 3. The SMILES string of the molecule is CSc1ccc(C)c(C(=O)NC2(CC(=O)O)CCC2)c1. The fraction of sp³-hybridized carbons (Fsp3) is 0.467. The molecule has 4 nitrogen and oxygen atoms in total. The van der Waals surface area contributed by atoms with Gasteiger partial charge in [0.15, 0.2) is 0 Å². The summed E-state index contributed by atoms with van der Waals surface area (Å²) in [4.78, 5) is 24.4. The van der Waals surface area contributed by atoms with Gasteiger partial charge in [-0.1, -0.05) is 6.07 Å². The van der Waals surface area contributed by atoms with Gasteiger partial charge in [0.05, 0.1) is 12.0 Å². The summed E-state index contributed by atoms with van der Waals surface area (Å²) in [6.45, 7) is 1.89. The molecule has 0 aliphatic heterocycles. The number of aliphatic carboxylic acids is 1. The van der Waals surface area contributed by atoms with E-state index >= 15 is 0 Å². The summed E-state index contributed by atoms with van der Waals surface area (Å²) in [6, 6.07) is 5.76. The molecule has 0 saturated heterocycles. The Balaban J connectivity index is 2.17. The summed E-state index contributed by atoms with van der Waals surface area (Å²) >= 11 is 1.58. The van der Waals surface area contributed by atoms with Gasteiger partial charge >= 0.3 is 5.97 Å². The number of hydrogen-bond donors (Lipinski definition) is 2. The van der Waals surface area contributed by atoms with Gasteiger partial charge in [0.1, 0.15) is 0 Å². The molecule has 1 aromatic carbocycles. The third-order valence-corrected chi connectivity index (χ3v) is 4.59. The smallest absolute Gasteiger partial charge is 0.305 e. The van der Waals surface area contributed by atoms with Crippen molar-refractivity contribution < 1.29 is 14.7 Å². The molecule has 1 aliphatic carbocycles. The summed E-state index contributed by atoms with van der Waals surface area (Å²) < 4.78 is 0. The Morgan fingerprint density at radius 3 is 2.60 bits per heavy atom. The molecular formula is C15H19NO3S. The Morgan fingerprint density at radius 2 is 2.10 bits per heavy atom. The summed E-state index contributed by atoms with van der Waals surface area (Å²) in [6.07, 6.45) is 4.42. The van der Waals surface area contributed by atoms with E-state index in [9.17, 15) is 9.59 Å². The molecule has 0 atom stereocenters. The van der Waals surface area contributed by atoms with Crippen LogP contribution >= 0.6 is 11.8 Å². The lowest BCUT2D eigenvalue weighted by Gasteiger charge is -2.41. The van der Waals surface area contributed by atoms with Crippen LogP contribution in [0, 0.1) is 6.92 Å². The van der Waals surface area contributed by atoms with Crippen molar-refractivity contribution in [2.24, 2.45) is 0 Å². The van der Waals surface area contributed by atoms with Crippen LogP contribution in [0.1, 0.15) is 41.6 Å². The van der Waals surface area contributed by atoms with Crippen molar-refractivity contribution in [2.45, 2.75) is 43.0 Å². The van der Waals surface area contributed by atoms with Gasteiger partial charge in [0, 0.05) is 10.5 Å². The van der Waals surface area contributed by atoms with Gasteiger partial charge in [-0.2, -0.15) is 0 Å². The fourth-order valence-corrected chi connectivity index (χ4v) is 2.96. The molecule has 5 heteroatoms. The van der Waals surface area contributed by atoms with Crippen molar-refractivity contribution in [1.82, 2.24) is 5.32 Å². The zero-order valence-electron chi connectivity index (χ0n) is 11.7. The highest BCUT2D eigenvalue weighted by atomic mass is 32.2. The van der Waals surface area contributed by atoms with Crippen LogP contribution in [0.2, 0.25) is 0 Å². The van der Waals surface area contributed by atoms with Crippen molar-refractivity contribution in [3.63, 3.8) is 0 Å². The monoisotopic (exact) mass is 293 g/mol. The first-order valence-electron chi connectivity index (χ1n) is 6.65. The predicted molar refractivity (Wildman–Crippen MR) is 79.3 cm³/mol. The molecule has 1 fully saturated rings. The van der Waals surface area contributed by atoms with Crippen molar-refractivity contribution in [1.29, 1.82) is 0 Å². The van der Waals surface area contributed by atoms with Crippen molar-refractivity contribution in [3.05, 3.63) is 29.3 Å². The first-order chi connectivity index (χ1) is 9.46. The molecule has 2 rings (SSSR count). The lowest BCUT2D eigenvalue weighted by molar-refractivity contribution is -0.139. The summed E-state index contributed by atoms with van der Waals surface area (Å²) in [5.74, 6) is -1.03. The normalized spacial score (nSPS) is 16.3. The van der Waals surface area contributed by atoms with Gasteiger partial charge in [-0.05, 0) is 50.1 Å². The Labute approximate surface area is 123 Å². The molecule has 1 amide bonds. The lowest BCUT2D eigenvalue weighted by atomic mass is 9.74. The molecular weight excluding hydrogens is 274 g/mol. The molecule has 1 aliphatic rings. The maximum atomic E-state index is 12.4. The number of benzene rings is 1. The second kappa shape index (κ2) is 5.87. The van der Waals surface area contributed by atoms with Crippen LogP contribution in [0.4, 0.5) is 0 Å². The van der Waals surface area contributed by atoms with Crippen LogP contribution in [0.3, 0.4) is 0 Å². The number of nitrogens with one attached hydrogen (secondary N) is 1. The largest absolute Gasteiger partial charge is 0.481 e. The molecule has 0 bridgehead atoms. The van der Waals surface area contributed by atoms with E-state index in [1.807, 2.05) is 31.4 Å². The van der Waals surface area contributed by atoms with Gasteiger partial charge in [-0.15, -0.1) is 11.8 Å². The Kier molecular flexibility index (Phi) is 4.38. The van der Waals surface area contributed by atoms with E-state index in [1.165, 1.54) is 0 Å². The highest BCUT2D eigenvalue weighted by Crippen LogP contribution is 2.35. The van der Waals surface area contributed by atoms with Gasteiger partial charge in [-0.3, -0.25) is 9.59 Å². The van der Waals surface area contributed by atoms with Crippen LogP contribution < -0.4 is 5.32 Å². The van der Waals surface area contributed by atoms with Crippen LogP contribution in [-0.4, -0.2) is 28.8 Å². The molecule has 0 aromatic heterocycles. The van der Waals surface area contributed by atoms with Gasteiger partial charge in [-0.25, -0.2) is 0 Å². The zero-order chi connectivity index (χ0) is 14.8. The molecule has 2 N–H and O–H groups in total. The topological polar surface area (TPSA) is 66.4 Å². The van der Waals surface area contributed by atoms with Crippen LogP contribution in [0.15, 0.2) is 23.1 Å².